The summed E-state index contributed by atoms with van der Waals surface area (Å²) in [5.41, 5.74) is 2.56. The molecule has 3 heterocycles. The highest BCUT2D eigenvalue weighted by atomic mass is 35.5. The van der Waals surface area contributed by atoms with Crippen LogP contribution in [0, 0.1) is 12.3 Å². The molecule has 0 radical (unpaired) electrons. The Morgan fingerprint density at radius 2 is 2.19 bits per heavy atom. The van der Waals surface area contributed by atoms with Crippen molar-refractivity contribution in [1.29, 1.82) is 0 Å². The van der Waals surface area contributed by atoms with Gasteiger partial charge in [0, 0.05) is 11.6 Å². The van der Waals surface area contributed by atoms with E-state index >= 15 is 0 Å². The Balaban J connectivity index is 1.93. The number of aromatic amines is 1. The van der Waals surface area contributed by atoms with Crippen LogP contribution in [0.3, 0.4) is 0 Å². The molecular weight excluding hydrogens is 384 g/mol. The third kappa shape index (κ3) is 3.61. The number of benzene rings is 1. The van der Waals surface area contributed by atoms with Crippen molar-refractivity contribution in [2.75, 3.05) is 12.4 Å². The molecule has 6 nitrogen and oxygen atoms in total. The third-order valence-electron chi connectivity index (χ3n) is 4.41. The Bertz CT molecular complexity index is 1060. The highest BCUT2D eigenvalue weighted by Crippen LogP contribution is 2.36. The molecule has 3 aromatic rings. The lowest BCUT2D eigenvalue weighted by molar-refractivity contribution is 0.0125. The SMILES string of the molecule is C#CCSc1nc2c(-c3ccc(Cl)cc3)c(C3CCCCO3)nn2c(=O)[nH]1. The van der Waals surface area contributed by atoms with Crippen molar-refractivity contribution in [3.8, 4) is 23.5 Å². The zero-order chi connectivity index (χ0) is 18.8. The molecule has 2 aromatic heterocycles. The van der Waals surface area contributed by atoms with Crippen molar-refractivity contribution in [3.63, 3.8) is 0 Å². The average Bonchev–Trinajstić information content (AvgIpc) is 3.08. The van der Waals surface area contributed by atoms with E-state index in [1.165, 1.54) is 16.3 Å². The van der Waals surface area contributed by atoms with E-state index in [1.54, 1.807) is 0 Å². The lowest BCUT2D eigenvalue weighted by Gasteiger charge is -2.21. The molecule has 1 saturated heterocycles. The van der Waals surface area contributed by atoms with E-state index in [1.807, 2.05) is 24.3 Å². The van der Waals surface area contributed by atoms with Gasteiger partial charge in [-0.05, 0) is 37.0 Å². The van der Waals surface area contributed by atoms with Gasteiger partial charge in [-0.2, -0.15) is 9.61 Å². The topological polar surface area (TPSA) is 72.3 Å². The van der Waals surface area contributed by atoms with Crippen LogP contribution in [-0.2, 0) is 4.74 Å². The molecule has 1 N–H and O–H groups in total. The van der Waals surface area contributed by atoms with Gasteiger partial charge in [-0.25, -0.2) is 9.78 Å². The summed E-state index contributed by atoms with van der Waals surface area (Å²) in [7, 11) is 0. The van der Waals surface area contributed by atoms with Gasteiger partial charge in [0.1, 0.15) is 11.8 Å². The van der Waals surface area contributed by atoms with E-state index in [9.17, 15) is 4.79 Å². The zero-order valence-corrected chi connectivity index (χ0v) is 16.0. The van der Waals surface area contributed by atoms with Crippen LogP contribution < -0.4 is 5.69 Å². The molecule has 0 amide bonds. The normalized spacial score (nSPS) is 17.1. The Hall–Kier alpha value is -2.27. The molecule has 1 aliphatic rings. The summed E-state index contributed by atoms with van der Waals surface area (Å²) in [6, 6.07) is 7.44. The van der Waals surface area contributed by atoms with Crippen molar-refractivity contribution >= 4 is 29.0 Å². The van der Waals surface area contributed by atoms with Crippen molar-refractivity contribution < 1.29 is 4.74 Å². The fraction of sp³-hybridized carbons (Fsp3) is 0.316. The quantitative estimate of drug-likeness (QED) is 0.534. The first kappa shape index (κ1) is 18.1. The molecule has 27 heavy (non-hydrogen) atoms. The van der Waals surface area contributed by atoms with Crippen molar-refractivity contribution in [3.05, 3.63) is 45.5 Å². The van der Waals surface area contributed by atoms with E-state index in [-0.39, 0.29) is 11.8 Å². The first-order chi connectivity index (χ1) is 13.2. The van der Waals surface area contributed by atoms with Crippen LogP contribution in [-0.4, -0.2) is 31.9 Å². The van der Waals surface area contributed by atoms with Crippen LogP contribution in [0.4, 0.5) is 0 Å². The first-order valence-corrected chi connectivity index (χ1v) is 10.0. The lowest BCUT2D eigenvalue weighted by atomic mass is 9.99. The highest BCUT2D eigenvalue weighted by Gasteiger charge is 2.27. The van der Waals surface area contributed by atoms with Crippen LogP contribution in [0.15, 0.2) is 34.2 Å². The molecule has 138 valence electrons. The van der Waals surface area contributed by atoms with E-state index in [4.69, 9.17) is 22.8 Å². The van der Waals surface area contributed by atoms with Gasteiger partial charge in [-0.15, -0.1) is 6.42 Å². The summed E-state index contributed by atoms with van der Waals surface area (Å²) in [4.78, 5) is 19.9. The molecule has 1 fully saturated rings. The molecule has 1 atom stereocenters. The number of nitrogens with zero attached hydrogens (tertiary/aromatic N) is 3. The minimum atomic E-state index is -0.350. The zero-order valence-electron chi connectivity index (χ0n) is 14.4. The van der Waals surface area contributed by atoms with Crippen LogP contribution in [0.5, 0.6) is 0 Å². The van der Waals surface area contributed by atoms with E-state index in [0.29, 0.717) is 28.2 Å². The van der Waals surface area contributed by atoms with Crippen LogP contribution in [0.2, 0.25) is 5.02 Å². The van der Waals surface area contributed by atoms with Gasteiger partial charge in [0.15, 0.2) is 10.8 Å². The monoisotopic (exact) mass is 400 g/mol. The molecule has 1 unspecified atom stereocenters. The smallest absolute Gasteiger partial charge is 0.350 e. The lowest BCUT2D eigenvalue weighted by Crippen LogP contribution is -2.20. The maximum atomic E-state index is 12.6. The van der Waals surface area contributed by atoms with Crippen LogP contribution >= 0.6 is 23.4 Å². The summed E-state index contributed by atoms with van der Waals surface area (Å²) < 4.78 is 7.24. The minimum Gasteiger partial charge on any atom is -0.372 e. The Morgan fingerprint density at radius 3 is 2.89 bits per heavy atom. The largest absolute Gasteiger partial charge is 0.372 e. The predicted octanol–water partition coefficient (Wildman–Crippen LogP) is 3.70. The first-order valence-electron chi connectivity index (χ1n) is 8.64. The fourth-order valence-corrected chi connectivity index (χ4v) is 3.85. The van der Waals surface area contributed by atoms with Gasteiger partial charge < -0.3 is 4.74 Å². The Labute approximate surface area is 165 Å². The molecule has 0 bridgehead atoms. The molecule has 0 spiro atoms. The van der Waals surface area contributed by atoms with Crippen molar-refractivity contribution in [1.82, 2.24) is 19.6 Å². The maximum Gasteiger partial charge on any atom is 0.350 e. The summed E-state index contributed by atoms with van der Waals surface area (Å²) >= 11 is 7.35. The number of thioether (sulfide) groups is 1. The van der Waals surface area contributed by atoms with Gasteiger partial charge in [0.05, 0.1) is 11.3 Å². The number of ether oxygens (including phenoxy) is 1. The Morgan fingerprint density at radius 1 is 1.37 bits per heavy atom. The molecule has 0 saturated carbocycles. The van der Waals surface area contributed by atoms with Gasteiger partial charge >= 0.3 is 5.69 Å². The number of halogens is 1. The van der Waals surface area contributed by atoms with Crippen LogP contribution in [0.1, 0.15) is 31.1 Å². The average molecular weight is 401 g/mol. The minimum absolute atomic E-state index is 0.160. The number of aromatic nitrogens is 4. The van der Waals surface area contributed by atoms with Gasteiger partial charge in [0.25, 0.3) is 0 Å². The highest BCUT2D eigenvalue weighted by molar-refractivity contribution is 7.99. The van der Waals surface area contributed by atoms with Gasteiger partial charge in [0.2, 0.25) is 0 Å². The number of terminal acetylenes is 1. The summed E-state index contributed by atoms with van der Waals surface area (Å²) in [5.74, 6) is 2.96. The molecular formula is C19H17ClN4O2S. The number of nitrogens with one attached hydrogen (secondary N) is 1. The summed E-state index contributed by atoms with van der Waals surface area (Å²) in [6.07, 6.45) is 8.12. The molecule has 0 aliphatic carbocycles. The Kier molecular flexibility index (Phi) is 5.21. The molecule has 1 aliphatic heterocycles. The number of H-pyrrole nitrogens is 1. The van der Waals surface area contributed by atoms with E-state index < -0.39 is 0 Å². The molecule has 1 aromatic carbocycles. The van der Waals surface area contributed by atoms with Crippen molar-refractivity contribution in [2.45, 2.75) is 30.5 Å². The van der Waals surface area contributed by atoms with E-state index in [2.05, 4.69) is 21.0 Å². The number of rotatable bonds is 4. The van der Waals surface area contributed by atoms with Crippen molar-refractivity contribution in [2.24, 2.45) is 0 Å². The predicted molar refractivity (Wildman–Crippen MR) is 106 cm³/mol. The second-order valence-electron chi connectivity index (χ2n) is 6.20. The van der Waals surface area contributed by atoms with Crippen LogP contribution in [0.25, 0.3) is 16.8 Å². The third-order valence-corrected chi connectivity index (χ3v) is 5.44. The van der Waals surface area contributed by atoms with E-state index in [0.717, 1.165) is 36.1 Å². The second-order valence-corrected chi connectivity index (χ2v) is 7.60. The van der Waals surface area contributed by atoms with Gasteiger partial charge in [-0.1, -0.05) is 41.4 Å². The standard InChI is InChI=1S/C19H17ClN4O2S/c1-2-11-27-18-21-17-15(12-6-8-13(20)9-7-12)16(14-5-3-4-10-26-14)23-24(17)19(25)22-18/h1,6-9,14H,3-5,10-11H2,(H,21,22,25). The number of fused-ring (bicyclic) bond motifs is 1. The van der Waals surface area contributed by atoms with Gasteiger partial charge in [-0.3, -0.25) is 4.98 Å². The molecule has 4 rings (SSSR count). The second kappa shape index (κ2) is 7.77. The number of hydrogen-bond donors (Lipinski definition) is 1. The summed E-state index contributed by atoms with van der Waals surface area (Å²) in [5, 5.41) is 5.67. The number of hydrogen-bond acceptors (Lipinski definition) is 5. The molecule has 8 heteroatoms. The fourth-order valence-electron chi connectivity index (χ4n) is 3.19. The maximum absolute atomic E-state index is 12.6. The summed E-state index contributed by atoms with van der Waals surface area (Å²) in [6.45, 7) is 0.686.